The van der Waals surface area contributed by atoms with E-state index in [9.17, 15) is 0 Å². The number of aromatic nitrogens is 2. The average Bonchev–Trinajstić information content (AvgIpc) is 2.31. The number of rotatable bonds is 4. The molecule has 0 spiro atoms. The first-order valence-corrected chi connectivity index (χ1v) is 6.06. The van der Waals surface area contributed by atoms with Crippen molar-refractivity contribution in [1.82, 2.24) is 9.97 Å². The minimum Gasteiger partial charge on any atom is -0.494 e. The summed E-state index contributed by atoms with van der Waals surface area (Å²) in [6.45, 7) is 4.49. The molecule has 94 valence electrons. The zero-order valence-electron chi connectivity index (χ0n) is 10.3. The third-order valence-electron chi connectivity index (χ3n) is 2.26. The molecule has 0 bridgehead atoms. The smallest absolute Gasteiger partial charge is 0.224 e. The van der Waals surface area contributed by atoms with Crippen LogP contribution in [-0.2, 0) is 0 Å². The third kappa shape index (κ3) is 3.34. The minimum absolute atomic E-state index is 0.239. The Kier molecular flexibility index (Phi) is 3.99. The number of halogens is 1. The first-order chi connectivity index (χ1) is 8.67. The number of nitrogens with zero attached hydrogens (tertiary/aromatic N) is 2. The summed E-state index contributed by atoms with van der Waals surface area (Å²) in [4.78, 5) is 8.11. The van der Waals surface area contributed by atoms with Gasteiger partial charge in [-0.05, 0) is 49.7 Å². The van der Waals surface area contributed by atoms with Crippen molar-refractivity contribution in [2.45, 2.75) is 13.8 Å². The summed E-state index contributed by atoms with van der Waals surface area (Å²) in [6, 6.07) is 9.50. The van der Waals surface area contributed by atoms with Gasteiger partial charge in [-0.25, -0.2) is 9.97 Å². The summed E-state index contributed by atoms with van der Waals surface area (Å²) in [5, 5.41) is 3.40. The molecule has 0 fully saturated rings. The van der Waals surface area contributed by atoms with Crippen LogP contribution in [0.1, 0.15) is 12.6 Å². The van der Waals surface area contributed by atoms with Crippen LogP contribution < -0.4 is 10.1 Å². The Balaban J connectivity index is 2.13. The maximum atomic E-state index is 5.80. The first kappa shape index (κ1) is 12.6. The van der Waals surface area contributed by atoms with E-state index in [4.69, 9.17) is 16.3 Å². The first-order valence-electron chi connectivity index (χ1n) is 5.68. The fourth-order valence-corrected chi connectivity index (χ4v) is 1.77. The summed E-state index contributed by atoms with van der Waals surface area (Å²) >= 11 is 5.80. The molecule has 1 heterocycles. The number of hydrogen-bond acceptors (Lipinski definition) is 4. The molecule has 0 saturated carbocycles. The van der Waals surface area contributed by atoms with Gasteiger partial charge in [0.15, 0.2) is 0 Å². The van der Waals surface area contributed by atoms with E-state index >= 15 is 0 Å². The van der Waals surface area contributed by atoms with E-state index in [2.05, 4.69) is 15.3 Å². The van der Waals surface area contributed by atoms with Crippen molar-refractivity contribution in [3.63, 3.8) is 0 Å². The number of aryl methyl sites for hydroxylation is 1. The van der Waals surface area contributed by atoms with Crippen LogP contribution in [0.2, 0.25) is 5.28 Å². The zero-order chi connectivity index (χ0) is 13.0. The second-order valence-electron chi connectivity index (χ2n) is 3.75. The molecular weight excluding hydrogens is 250 g/mol. The van der Waals surface area contributed by atoms with Crippen molar-refractivity contribution < 1.29 is 4.74 Å². The Morgan fingerprint density at radius 3 is 2.56 bits per heavy atom. The Morgan fingerprint density at radius 1 is 1.22 bits per heavy atom. The van der Waals surface area contributed by atoms with Gasteiger partial charge in [0.25, 0.3) is 0 Å². The maximum absolute atomic E-state index is 5.80. The van der Waals surface area contributed by atoms with E-state index in [1.165, 1.54) is 0 Å². The molecule has 0 aliphatic heterocycles. The fraction of sp³-hybridized carbons (Fsp3) is 0.231. The molecule has 0 aliphatic rings. The number of ether oxygens (including phenoxy) is 1. The van der Waals surface area contributed by atoms with Crippen LogP contribution in [0, 0.1) is 6.92 Å². The van der Waals surface area contributed by atoms with Gasteiger partial charge < -0.3 is 10.1 Å². The van der Waals surface area contributed by atoms with Crippen molar-refractivity contribution in [3.8, 4) is 5.75 Å². The van der Waals surface area contributed by atoms with Crippen molar-refractivity contribution in [3.05, 3.63) is 41.3 Å². The van der Waals surface area contributed by atoms with E-state index in [0.717, 1.165) is 17.1 Å². The molecule has 18 heavy (non-hydrogen) atoms. The highest BCUT2D eigenvalue weighted by Crippen LogP contribution is 2.20. The molecule has 0 saturated heterocycles. The topological polar surface area (TPSA) is 47.0 Å². The molecule has 1 aromatic carbocycles. The van der Waals surface area contributed by atoms with Gasteiger partial charge in [0, 0.05) is 17.4 Å². The Labute approximate surface area is 111 Å². The van der Waals surface area contributed by atoms with E-state index < -0.39 is 0 Å². The van der Waals surface area contributed by atoms with Crippen molar-refractivity contribution in [2.24, 2.45) is 0 Å². The van der Waals surface area contributed by atoms with Crippen molar-refractivity contribution >= 4 is 23.1 Å². The lowest BCUT2D eigenvalue weighted by Crippen LogP contribution is -1.97. The van der Waals surface area contributed by atoms with Crippen LogP contribution >= 0.6 is 11.6 Å². The summed E-state index contributed by atoms with van der Waals surface area (Å²) < 4.78 is 5.37. The van der Waals surface area contributed by atoms with Crippen LogP contribution in [-0.4, -0.2) is 16.6 Å². The molecule has 0 atom stereocenters. The summed E-state index contributed by atoms with van der Waals surface area (Å²) in [5.74, 6) is 1.52. The van der Waals surface area contributed by atoms with E-state index in [-0.39, 0.29) is 5.28 Å². The van der Waals surface area contributed by atoms with Crippen LogP contribution in [0.25, 0.3) is 0 Å². The molecule has 0 unspecified atom stereocenters. The molecule has 4 nitrogen and oxygen atoms in total. The molecular formula is C13H14ClN3O. The van der Waals surface area contributed by atoms with E-state index in [1.54, 1.807) is 0 Å². The largest absolute Gasteiger partial charge is 0.494 e. The lowest BCUT2D eigenvalue weighted by Gasteiger charge is -2.08. The highest BCUT2D eigenvalue weighted by Gasteiger charge is 2.01. The second-order valence-corrected chi connectivity index (χ2v) is 4.08. The predicted molar refractivity (Wildman–Crippen MR) is 72.7 cm³/mol. The van der Waals surface area contributed by atoms with Crippen LogP contribution in [0.15, 0.2) is 30.3 Å². The number of hydrogen-bond donors (Lipinski definition) is 1. The lowest BCUT2D eigenvalue weighted by atomic mass is 10.3. The van der Waals surface area contributed by atoms with E-state index in [1.807, 2.05) is 44.2 Å². The van der Waals surface area contributed by atoms with Gasteiger partial charge in [-0.15, -0.1) is 0 Å². The number of benzene rings is 1. The SMILES string of the molecule is CCOc1ccc(Nc2cc(C)nc(Cl)n2)cc1. The highest BCUT2D eigenvalue weighted by molar-refractivity contribution is 6.28. The van der Waals surface area contributed by atoms with E-state index in [0.29, 0.717) is 12.4 Å². The third-order valence-corrected chi connectivity index (χ3v) is 2.43. The summed E-state index contributed by atoms with van der Waals surface area (Å²) in [5.41, 5.74) is 1.75. The molecule has 0 radical (unpaired) electrons. The molecule has 0 amide bonds. The zero-order valence-corrected chi connectivity index (χ0v) is 11.0. The fourth-order valence-electron chi connectivity index (χ4n) is 1.55. The minimum atomic E-state index is 0.239. The molecule has 5 heteroatoms. The predicted octanol–water partition coefficient (Wildman–Crippen LogP) is 3.58. The average molecular weight is 264 g/mol. The maximum Gasteiger partial charge on any atom is 0.224 e. The highest BCUT2D eigenvalue weighted by atomic mass is 35.5. The van der Waals surface area contributed by atoms with Gasteiger partial charge in [-0.3, -0.25) is 0 Å². The van der Waals surface area contributed by atoms with Gasteiger partial charge in [0.05, 0.1) is 6.61 Å². The molecule has 1 aromatic heterocycles. The standard InChI is InChI=1S/C13H14ClN3O/c1-3-18-11-6-4-10(5-7-11)16-12-8-9(2)15-13(14)17-12/h4-8H,3H2,1-2H3,(H,15,16,17). The van der Waals surface area contributed by atoms with Crippen LogP contribution in [0.3, 0.4) is 0 Å². The van der Waals surface area contributed by atoms with Gasteiger partial charge in [0.1, 0.15) is 11.6 Å². The van der Waals surface area contributed by atoms with Gasteiger partial charge in [0.2, 0.25) is 5.28 Å². The molecule has 1 N–H and O–H groups in total. The summed E-state index contributed by atoms with van der Waals surface area (Å²) in [7, 11) is 0. The lowest BCUT2D eigenvalue weighted by molar-refractivity contribution is 0.340. The Hall–Kier alpha value is -1.81. The van der Waals surface area contributed by atoms with Gasteiger partial charge in [-0.2, -0.15) is 0 Å². The molecule has 0 aliphatic carbocycles. The summed E-state index contributed by atoms with van der Waals surface area (Å²) in [6.07, 6.45) is 0. The monoisotopic (exact) mass is 263 g/mol. The Bertz CT molecular complexity index is 508. The number of anilines is 2. The second kappa shape index (κ2) is 5.69. The van der Waals surface area contributed by atoms with Gasteiger partial charge in [-0.1, -0.05) is 0 Å². The van der Waals surface area contributed by atoms with Crippen LogP contribution in [0.4, 0.5) is 11.5 Å². The van der Waals surface area contributed by atoms with Crippen LogP contribution in [0.5, 0.6) is 5.75 Å². The van der Waals surface area contributed by atoms with Crippen molar-refractivity contribution in [1.29, 1.82) is 0 Å². The van der Waals surface area contributed by atoms with Crippen molar-refractivity contribution in [2.75, 3.05) is 11.9 Å². The molecule has 2 aromatic rings. The molecule has 2 rings (SSSR count). The quantitative estimate of drug-likeness (QED) is 0.857. The Morgan fingerprint density at radius 2 is 1.94 bits per heavy atom. The normalized spacial score (nSPS) is 10.2. The number of nitrogens with one attached hydrogen (secondary N) is 1. The van der Waals surface area contributed by atoms with Gasteiger partial charge >= 0.3 is 0 Å².